The van der Waals surface area contributed by atoms with Gasteiger partial charge in [0.2, 0.25) is 0 Å². The number of hydrogen-bond donors (Lipinski definition) is 1. The monoisotopic (exact) mass is 530 g/mol. The van der Waals surface area contributed by atoms with E-state index in [2.05, 4.69) is 16.8 Å². The lowest BCUT2D eigenvalue weighted by atomic mass is 9.74. The summed E-state index contributed by atoms with van der Waals surface area (Å²) >= 11 is 6.45. The van der Waals surface area contributed by atoms with E-state index in [1.807, 2.05) is 23.1 Å². The lowest BCUT2D eigenvalue weighted by molar-refractivity contribution is -0.152. The Morgan fingerprint density at radius 3 is 2.68 bits per heavy atom. The van der Waals surface area contributed by atoms with E-state index >= 15 is 0 Å². The molecule has 194 valence electrons. The van der Waals surface area contributed by atoms with Crippen molar-refractivity contribution < 1.29 is 27.8 Å². The van der Waals surface area contributed by atoms with E-state index in [-0.39, 0.29) is 12.1 Å². The van der Waals surface area contributed by atoms with Gasteiger partial charge in [0.05, 0.1) is 35.2 Å². The van der Waals surface area contributed by atoms with Crippen LogP contribution in [0.1, 0.15) is 36.8 Å². The number of rotatable bonds is 7. The van der Waals surface area contributed by atoms with Crippen molar-refractivity contribution in [2.45, 2.75) is 32.1 Å². The Labute approximate surface area is 218 Å². The Bertz CT molecular complexity index is 1380. The molecule has 0 radical (unpaired) electrons. The fraction of sp³-hybridized carbons (Fsp3) is 0.357. The highest BCUT2D eigenvalue weighted by molar-refractivity contribution is 6.32. The number of carbonyl (C=O) groups is 1. The predicted octanol–water partition coefficient (Wildman–Crippen LogP) is 5.86. The third kappa shape index (κ3) is 6.00. The summed E-state index contributed by atoms with van der Waals surface area (Å²) in [6, 6.07) is 6.91. The predicted molar refractivity (Wildman–Crippen MR) is 135 cm³/mol. The first kappa shape index (κ1) is 26.8. The van der Waals surface area contributed by atoms with Crippen LogP contribution in [0.2, 0.25) is 5.02 Å². The highest BCUT2D eigenvalue weighted by Gasteiger charge is 2.40. The zero-order valence-electron chi connectivity index (χ0n) is 20.3. The van der Waals surface area contributed by atoms with Crippen LogP contribution in [0.5, 0.6) is 5.75 Å². The number of benzene rings is 2. The van der Waals surface area contributed by atoms with E-state index in [9.17, 15) is 23.1 Å². The second kappa shape index (κ2) is 11.4. The van der Waals surface area contributed by atoms with Gasteiger partial charge in [-0.1, -0.05) is 23.4 Å². The van der Waals surface area contributed by atoms with Crippen LogP contribution in [0.4, 0.5) is 13.2 Å². The molecule has 1 aliphatic rings. The van der Waals surface area contributed by atoms with Crippen molar-refractivity contribution in [3.8, 4) is 17.6 Å². The zero-order chi connectivity index (χ0) is 26.6. The number of hydrogen-bond acceptors (Lipinski definition) is 4. The van der Waals surface area contributed by atoms with Gasteiger partial charge in [-0.2, -0.15) is 0 Å². The summed E-state index contributed by atoms with van der Waals surface area (Å²) in [5.74, 6) is 1.72. The first-order valence-corrected chi connectivity index (χ1v) is 12.3. The van der Waals surface area contributed by atoms with E-state index in [0.717, 1.165) is 22.5 Å². The van der Waals surface area contributed by atoms with Gasteiger partial charge in [-0.15, -0.1) is 0 Å². The van der Waals surface area contributed by atoms with Gasteiger partial charge >= 0.3 is 5.97 Å². The van der Waals surface area contributed by atoms with Gasteiger partial charge in [-0.05, 0) is 61.9 Å². The number of aromatic nitrogens is 1. The molecule has 4 rings (SSSR count). The van der Waals surface area contributed by atoms with E-state index in [0.29, 0.717) is 62.0 Å². The number of carboxylic acid groups (broad SMARTS) is 1. The molecule has 1 N–H and O–H groups in total. The minimum atomic E-state index is -1.28. The molecular formula is C28H26ClF3N2O3. The number of carboxylic acids is 1. The highest BCUT2D eigenvalue weighted by atomic mass is 35.5. The number of fused-ring (bicyclic) bond motifs is 1. The average molecular weight is 531 g/mol. The zero-order valence-corrected chi connectivity index (χ0v) is 21.0. The van der Waals surface area contributed by atoms with E-state index in [1.165, 1.54) is 0 Å². The molecule has 0 saturated carbocycles. The van der Waals surface area contributed by atoms with Crippen LogP contribution in [0.15, 0.2) is 36.5 Å². The second-order valence-corrected chi connectivity index (χ2v) is 9.64. The molecule has 0 bridgehead atoms. The first-order valence-electron chi connectivity index (χ1n) is 11.9. The molecule has 0 unspecified atom stereocenters. The Kier molecular flexibility index (Phi) is 8.25. The van der Waals surface area contributed by atoms with Gasteiger partial charge in [-0.3, -0.25) is 14.7 Å². The molecule has 0 spiro atoms. The molecule has 0 aliphatic carbocycles. The highest BCUT2D eigenvalue weighted by Crippen LogP contribution is 2.38. The quantitative estimate of drug-likeness (QED) is 0.306. The van der Waals surface area contributed by atoms with Crippen molar-refractivity contribution in [2.24, 2.45) is 5.41 Å². The normalized spacial score (nSPS) is 15.3. The van der Waals surface area contributed by atoms with Gasteiger partial charge in [-0.25, -0.2) is 13.2 Å². The number of likely N-dealkylation sites (tertiary alicyclic amines) is 1. The van der Waals surface area contributed by atoms with Crippen molar-refractivity contribution in [1.29, 1.82) is 0 Å². The van der Waals surface area contributed by atoms with Crippen molar-refractivity contribution in [3.63, 3.8) is 0 Å². The number of methoxy groups -OCH3 is 1. The Morgan fingerprint density at radius 2 is 1.97 bits per heavy atom. The van der Waals surface area contributed by atoms with Crippen molar-refractivity contribution >= 4 is 28.5 Å². The Hall–Kier alpha value is -3.28. The molecular weight excluding hydrogens is 505 g/mol. The van der Waals surface area contributed by atoms with Gasteiger partial charge < -0.3 is 9.84 Å². The fourth-order valence-electron chi connectivity index (χ4n) is 4.79. The molecule has 5 nitrogen and oxygen atoms in total. The standard InChI is InChI=1S/C28H26ClF3N2O3/c1-37-20-6-7-25-22(16-20)21(23(29)17-33-25)5-2-8-28(27(35)36)9-12-34(13-10-28)11-3-4-18-14-19(30)15-24(31)26(18)32/h6-7,14-17H,2,5,8-13H2,1H3,(H,35,36). The maximum absolute atomic E-state index is 13.8. The number of aliphatic carboxylic acids is 1. The molecule has 1 fully saturated rings. The van der Waals surface area contributed by atoms with Gasteiger partial charge in [0.1, 0.15) is 11.6 Å². The molecule has 9 heteroatoms. The van der Waals surface area contributed by atoms with Crippen LogP contribution in [-0.2, 0) is 11.2 Å². The molecule has 1 aliphatic heterocycles. The number of piperidine rings is 1. The van der Waals surface area contributed by atoms with Gasteiger partial charge in [0, 0.05) is 30.7 Å². The molecule has 0 atom stereocenters. The number of nitrogens with zero attached hydrogens (tertiary/aromatic N) is 2. The van der Waals surface area contributed by atoms with Crippen molar-refractivity contribution in [1.82, 2.24) is 9.88 Å². The lowest BCUT2D eigenvalue weighted by Gasteiger charge is -2.38. The summed E-state index contributed by atoms with van der Waals surface area (Å²) < 4.78 is 45.8. The van der Waals surface area contributed by atoms with Crippen molar-refractivity contribution in [2.75, 3.05) is 26.7 Å². The molecule has 3 aromatic rings. The molecule has 1 aromatic heterocycles. The molecule has 37 heavy (non-hydrogen) atoms. The van der Waals surface area contributed by atoms with Crippen LogP contribution in [0.3, 0.4) is 0 Å². The molecule has 2 aromatic carbocycles. The minimum Gasteiger partial charge on any atom is -0.497 e. The van der Waals surface area contributed by atoms with Crippen LogP contribution in [-0.4, -0.2) is 47.7 Å². The van der Waals surface area contributed by atoms with Crippen molar-refractivity contribution in [3.05, 3.63) is 70.1 Å². The maximum atomic E-state index is 13.8. The summed E-state index contributed by atoms with van der Waals surface area (Å²) in [6.45, 7) is 1.24. The molecule has 0 amide bonds. The number of halogens is 4. The Morgan fingerprint density at radius 1 is 1.22 bits per heavy atom. The number of pyridine rings is 1. The Balaban J connectivity index is 1.38. The fourth-order valence-corrected chi connectivity index (χ4v) is 5.04. The number of aryl methyl sites for hydroxylation is 1. The third-order valence-electron chi connectivity index (χ3n) is 7.00. The summed E-state index contributed by atoms with van der Waals surface area (Å²) in [4.78, 5) is 18.6. The largest absolute Gasteiger partial charge is 0.497 e. The smallest absolute Gasteiger partial charge is 0.309 e. The summed E-state index contributed by atoms with van der Waals surface area (Å²) in [5, 5.41) is 11.5. The minimum absolute atomic E-state index is 0.244. The first-order chi connectivity index (χ1) is 17.7. The van der Waals surface area contributed by atoms with Crippen LogP contribution in [0.25, 0.3) is 10.9 Å². The van der Waals surface area contributed by atoms with E-state index in [4.69, 9.17) is 16.3 Å². The van der Waals surface area contributed by atoms with E-state index in [1.54, 1.807) is 13.3 Å². The second-order valence-electron chi connectivity index (χ2n) is 9.23. The maximum Gasteiger partial charge on any atom is 0.309 e. The van der Waals surface area contributed by atoms with Gasteiger partial charge in [0.15, 0.2) is 11.6 Å². The van der Waals surface area contributed by atoms with Crippen LogP contribution < -0.4 is 4.74 Å². The van der Waals surface area contributed by atoms with Gasteiger partial charge in [0.25, 0.3) is 0 Å². The SMILES string of the molecule is COc1ccc2ncc(Cl)c(CCCC3(C(=O)O)CCN(CC#Cc4cc(F)cc(F)c4F)CC3)c2c1. The molecule has 2 heterocycles. The van der Waals surface area contributed by atoms with Crippen LogP contribution >= 0.6 is 11.6 Å². The average Bonchev–Trinajstić information content (AvgIpc) is 2.88. The summed E-state index contributed by atoms with van der Waals surface area (Å²) in [6.07, 6.45) is 4.21. The third-order valence-corrected chi connectivity index (χ3v) is 7.33. The van der Waals surface area contributed by atoms with E-state index < -0.39 is 28.8 Å². The summed E-state index contributed by atoms with van der Waals surface area (Å²) in [7, 11) is 1.59. The lowest BCUT2D eigenvalue weighted by Crippen LogP contribution is -2.44. The topological polar surface area (TPSA) is 62.7 Å². The molecule has 1 saturated heterocycles. The van der Waals surface area contributed by atoms with Crippen LogP contribution in [0, 0.1) is 34.7 Å². The number of ether oxygens (including phenoxy) is 1. The summed E-state index contributed by atoms with van der Waals surface area (Å²) in [5.41, 5.74) is 0.506.